The maximum absolute atomic E-state index is 11.1. The van der Waals surface area contributed by atoms with Gasteiger partial charge in [0.05, 0.1) is 33.2 Å². The molecule has 0 bridgehead atoms. The zero-order valence-electron chi connectivity index (χ0n) is 20.4. The quantitative estimate of drug-likeness (QED) is 0.285. The molecule has 194 valence electrons. The van der Waals surface area contributed by atoms with Crippen molar-refractivity contribution < 1.29 is 41.0 Å². The van der Waals surface area contributed by atoms with Gasteiger partial charge < -0.3 is 28.4 Å². The summed E-state index contributed by atoms with van der Waals surface area (Å²) in [6.45, 7) is 6.98. The largest absolute Gasteiger partial charge is 0.497 e. The molecule has 11 heteroatoms. The van der Waals surface area contributed by atoms with Crippen molar-refractivity contribution in [1.82, 2.24) is 0 Å². The molecule has 0 aromatic heterocycles. The van der Waals surface area contributed by atoms with Crippen LogP contribution in [0.2, 0.25) is 0 Å². The van der Waals surface area contributed by atoms with Crippen molar-refractivity contribution in [2.24, 2.45) is 0 Å². The van der Waals surface area contributed by atoms with Crippen LogP contribution in [-0.4, -0.2) is 83.0 Å². The maximum Gasteiger partial charge on any atom is 0.264 e. The lowest BCUT2D eigenvalue weighted by molar-refractivity contribution is -0.191. The summed E-state index contributed by atoms with van der Waals surface area (Å²) >= 11 is 1.66. The van der Waals surface area contributed by atoms with Crippen LogP contribution in [0, 0.1) is 0 Å². The predicted octanol–water partition coefficient (Wildman–Crippen LogP) is 2.96. The molecule has 2 saturated heterocycles. The maximum atomic E-state index is 11.1. The van der Waals surface area contributed by atoms with Gasteiger partial charge in [0, 0.05) is 6.61 Å². The van der Waals surface area contributed by atoms with E-state index in [1.165, 1.54) is 0 Å². The van der Waals surface area contributed by atoms with Crippen molar-refractivity contribution in [3.63, 3.8) is 0 Å². The Morgan fingerprint density at radius 2 is 1.79 bits per heavy atom. The molecule has 0 aliphatic carbocycles. The molecule has 1 aromatic carbocycles. The molecule has 0 spiro atoms. The second kappa shape index (κ2) is 12.4. The average Bonchev–Trinajstić information content (AvgIpc) is 3.10. The first-order valence-electron chi connectivity index (χ1n) is 11.4. The van der Waals surface area contributed by atoms with Crippen LogP contribution in [0.15, 0.2) is 24.3 Å². The molecule has 0 saturated carbocycles. The Hall–Kier alpha value is -0.920. The average molecular weight is 521 g/mol. The highest BCUT2D eigenvalue weighted by Crippen LogP contribution is 2.41. The minimum Gasteiger partial charge on any atom is -0.497 e. The number of hydrogen-bond donors (Lipinski definition) is 0. The third kappa shape index (κ3) is 8.06. The van der Waals surface area contributed by atoms with E-state index in [0.717, 1.165) is 23.3 Å². The van der Waals surface area contributed by atoms with Crippen LogP contribution in [0.4, 0.5) is 0 Å². The molecule has 5 atom stereocenters. The highest BCUT2D eigenvalue weighted by Gasteiger charge is 2.55. The molecule has 2 aliphatic rings. The Morgan fingerprint density at radius 1 is 1.09 bits per heavy atom. The SMILES string of the molecule is CCS[C@@H]1O[C@H](COCCCOS(C)(=O)=O)[C@@H]2OC(C)(C)O[C@@H]2[C@H]1OCc1ccc(OC)cc1. The van der Waals surface area contributed by atoms with Crippen LogP contribution >= 0.6 is 11.8 Å². The lowest BCUT2D eigenvalue weighted by Gasteiger charge is -2.41. The van der Waals surface area contributed by atoms with Gasteiger partial charge in [0.15, 0.2) is 5.79 Å². The van der Waals surface area contributed by atoms with Gasteiger partial charge in [0.2, 0.25) is 0 Å². The van der Waals surface area contributed by atoms with E-state index in [1.54, 1.807) is 18.9 Å². The first kappa shape index (κ1) is 27.7. The number of methoxy groups -OCH3 is 1. The molecule has 0 unspecified atom stereocenters. The number of rotatable bonds is 13. The van der Waals surface area contributed by atoms with E-state index in [0.29, 0.717) is 26.2 Å². The molecule has 2 aliphatic heterocycles. The van der Waals surface area contributed by atoms with E-state index in [9.17, 15) is 8.42 Å². The van der Waals surface area contributed by atoms with Crippen LogP contribution < -0.4 is 4.74 Å². The fourth-order valence-corrected chi connectivity index (χ4v) is 5.33. The summed E-state index contributed by atoms with van der Waals surface area (Å²) in [4.78, 5) is 0. The summed E-state index contributed by atoms with van der Waals surface area (Å²) in [5, 5.41) is 0. The fraction of sp³-hybridized carbons (Fsp3) is 0.739. The molecular weight excluding hydrogens is 484 g/mol. The Balaban J connectivity index is 1.61. The monoisotopic (exact) mass is 520 g/mol. The lowest BCUT2D eigenvalue weighted by atomic mass is 10.00. The molecule has 0 N–H and O–H groups in total. The Labute approximate surface area is 206 Å². The van der Waals surface area contributed by atoms with Gasteiger partial charge in [-0.15, -0.1) is 11.8 Å². The van der Waals surface area contributed by atoms with Crippen LogP contribution in [0.3, 0.4) is 0 Å². The first-order chi connectivity index (χ1) is 16.1. The zero-order valence-corrected chi connectivity index (χ0v) is 22.1. The first-order valence-corrected chi connectivity index (χ1v) is 14.3. The molecule has 3 rings (SSSR count). The second-order valence-corrected chi connectivity index (χ2v) is 11.7. The van der Waals surface area contributed by atoms with E-state index >= 15 is 0 Å². The second-order valence-electron chi connectivity index (χ2n) is 8.64. The number of fused-ring (bicyclic) bond motifs is 1. The van der Waals surface area contributed by atoms with Gasteiger partial charge in [0.1, 0.15) is 35.6 Å². The topological polar surface area (TPSA) is 98.8 Å². The lowest BCUT2D eigenvalue weighted by Crippen LogP contribution is -2.57. The molecule has 2 fully saturated rings. The van der Waals surface area contributed by atoms with Crippen molar-refractivity contribution in [2.45, 2.75) is 69.4 Å². The van der Waals surface area contributed by atoms with Crippen molar-refractivity contribution in [1.29, 1.82) is 0 Å². The molecule has 0 amide bonds. The summed E-state index contributed by atoms with van der Waals surface area (Å²) in [5.41, 5.74) is 0.779. The standard InChI is InChI=1S/C23H36O9S2/c1-6-33-22-21(28-14-16-8-10-17(26-4)11-9-16)20-19(31-23(2,3)32-20)18(30-22)15-27-12-7-13-29-34(5,24)25/h8-11,18-22H,6-7,12-15H2,1-5H3/t18-,19+,20+,21-,22+/m1/s1. The van der Waals surface area contributed by atoms with Crippen molar-refractivity contribution in [3.8, 4) is 5.75 Å². The highest BCUT2D eigenvalue weighted by molar-refractivity contribution is 7.99. The third-order valence-electron chi connectivity index (χ3n) is 5.38. The Morgan fingerprint density at radius 3 is 2.44 bits per heavy atom. The molecule has 9 nitrogen and oxygen atoms in total. The van der Waals surface area contributed by atoms with Gasteiger partial charge in [-0.1, -0.05) is 19.1 Å². The van der Waals surface area contributed by atoms with E-state index in [4.69, 9.17) is 32.6 Å². The molecule has 2 heterocycles. The number of ether oxygens (including phenoxy) is 6. The van der Waals surface area contributed by atoms with E-state index in [2.05, 4.69) is 6.92 Å². The van der Waals surface area contributed by atoms with Gasteiger partial charge in [-0.2, -0.15) is 8.42 Å². The number of thioether (sulfide) groups is 1. The van der Waals surface area contributed by atoms with Gasteiger partial charge in [-0.3, -0.25) is 4.18 Å². The minimum absolute atomic E-state index is 0.0820. The zero-order chi connectivity index (χ0) is 24.8. The molecular formula is C23H36O9S2. The summed E-state index contributed by atoms with van der Waals surface area (Å²) in [5.74, 6) is 0.878. The minimum atomic E-state index is -3.45. The molecule has 0 radical (unpaired) electrons. The van der Waals surface area contributed by atoms with E-state index in [-0.39, 0.29) is 36.5 Å². The van der Waals surface area contributed by atoms with Crippen LogP contribution in [0.1, 0.15) is 32.8 Å². The number of benzene rings is 1. The highest BCUT2D eigenvalue weighted by atomic mass is 32.2. The fourth-order valence-electron chi connectivity index (χ4n) is 3.93. The summed E-state index contributed by atoms with van der Waals surface area (Å²) < 4.78 is 63.1. The van der Waals surface area contributed by atoms with Gasteiger partial charge in [-0.25, -0.2) is 0 Å². The van der Waals surface area contributed by atoms with Gasteiger partial charge in [-0.05, 0) is 43.7 Å². The third-order valence-corrected chi connectivity index (χ3v) is 7.01. The smallest absolute Gasteiger partial charge is 0.264 e. The summed E-state index contributed by atoms with van der Waals surface area (Å²) in [6.07, 6.45) is 0.162. The van der Waals surface area contributed by atoms with Crippen LogP contribution in [0.25, 0.3) is 0 Å². The summed E-state index contributed by atoms with van der Waals surface area (Å²) in [6, 6.07) is 7.76. The van der Waals surface area contributed by atoms with Crippen molar-refractivity contribution in [2.75, 3.05) is 38.9 Å². The van der Waals surface area contributed by atoms with Crippen LogP contribution in [-0.2, 0) is 44.6 Å². The Kier molecular flexibility index (Phi) is 10.1. The van der Waals surface area contributed by atoms with Crippen LogP contribution in [0.5, 0.6) is 5.75 Å². The number of hydrogen-bond acceptors (Lipinski definition) is 10. The van der Waals surface area contributed by atoms with Gasteiger partial charge in [0.25, 0.3) is 10.1 Å². The Bertz CT molecular complexity index is 860. The van der Waals surface area contributed by atoms with E-state index < -0.39 is 15.9 Å². The van der Waals surface area contributed by atoms with Crippen molar-refractivity contribution >= 4 is 21.9 Å². The predicted molar refractivity (Wildman–Crippen MR) is 128 cm³/mol. The molecule has 1 aromatic rings. The van der Waals surface area contributed by atoms with Crippen molar-refractivity contribution in [3.05, 3.63) is 29.8 Å². The molecule has 34 heavy (non-hydrogen) atoms. The van der Waals surface area contributed by atoms with E-state index in [1.807, 2.05) is 38.1 Å². The van der Waals surface area contributed by atoms with Gasteiger partial charge >= 0.3 is 0 Å². The summed E-state index contributed by atoms with van der Waals surface area (Å²) in [7, 11) is -1.81. The normalized spacial score (nSPS) is 28.6.